The van der Waals surface area contributed by atoms with Gasteiger partial charge < -0.3 is 10.0 Å². The third-order valence-electron chi connectivity index (χ3n) is 4.93. The van der Waals surface area contributed by atoms with E-state index in [4.69, 9.17) is 0 Å². The normalized spacial score (nSPS) is 25.1. The van der Waals surface area contributed by atoms with Gasteiger partial charge in [-0.15, -0.1) is 0 Å². The lowest BCUT2D eigenvalue weighted by atomic mass is 10.0. The van der Waals surface area contributed by atoms with Crippen molar-refractivity contribution < 1.29 is 9.90 Å². The molecule has 1 aromatic rings. The van der Waals surface area contributed by atoms with Gasteiger partial charge in [0.15, 0.2) is 0 Å². The first kappa shape index (κ1) is 16.2. The molecule has 1 amide bonds. The van der Waals surface area contributed by atoms with Crippen molar-refractivity contribution in [1.29, 1.82) is 0 Å². The van der Waals surface area contributed by atoms with Crippen LogP contribution in [0.15, 0.2) is 42.5 Å². The Hall–Kier alpha value is -1.65. The van der Waals surface area contributed by atoms with E-state index in [1.54, 1.807) is 4.90 Å². The van der Waals surface area contributed by atoms with Crippen LogP contribution < -0.4 is 0 Å². The Morgan fingerprint density at radius 3 is 2.70 bits per heavy atom. The van der Waals surface area contributed by atoms with Gasteiger partial charge in [-0.2, -0.15) is 0 Å². The third-order valence-corrected chi connectivity index (χ3v) is 4.93. The molecule has 1 unspecified atom stereocenters. The molecule has 1 aromatic carbocycles. The van der Waals surface area contributed by atoms with E-state index >= 15 is 0 Å². The molecule has 1 heterocycles. The van der Waals surface area contributed by atoms with Crippen molar-refractivity contribution in [2.75, 3.05) is 26.7 Å². The van der Waals surface area contributed by atoms with Crippen LogP contribution in [0, 0.1) is 5.92 Å². The third kappa shape index (κ3) is 4.01. The topological polar surface area (TPSA) is 43.8 Å². The Balaban J connectivity index is 1.52. The van der Waals surface area contributed by atoms with Gasteiger partial charge in [-0.05, 0) is 24.8 Å². The van der Waals surface area contributed by atoms with E-state index in [9.17, 15) is 9.90 Å². The van der Waals surface area contributed by atoms with Crippen molar-refractivity contribution in [1.82, 2.24) is 9.80 Å². The smallest absolute Gasteiger partial charge is 0.226 e. The summed E-state index contributed by atoms with van der Waals surface area (Å²) >= 11 is 0. The molecule has 3 rings (SSSR count). The van der Waals surface area contributed by atoms with E-state index in [0.29, 0.717) is 13.1 Å². The van der Waals surface area contributed by atoms with Gasteiger partial charge in [0.2, 0.25) is 5.91 Å². The predicted octanol–water partition coefficient (Wildman–Crippen LogP) is 2.05. The van der Waals surface area contributed by atoms with Gasteiger partial charge >= 0.3 is 0 Å². The highest BCUT2D eigenvalue weighted by Gasteiger charge is 2.38. The van der Waals surface area contributed by atoms with E-state index in [2.05, 4.69) is 29.2 Å². The number of likely N-dealkylation sites (N-methyl/N-ethyl adjacent to an activating group) is 1. The standard InChI is InChI=1S/C19H26N2O2/c1-20(18(22)17-9-5-6-10-17)14-19(23)11-12-21(15-19)13-16-7-3-2-4-8-16/h2-8,17,23H,9-15H2,1H3. The number of hydrogen-bond donors (Lipinski definition) is 1. The summed E-state index contributed by atoms with van der Waals surface area (Å²) in [5, 5.41) is 10.9. The first-order chi connectivity index (χ1) is 11.1. The van der Waals surface area contributed by atoms with Crippen molar-refractivity contribution in [2.24, 2.45) is 5.92 Å². The molecule has 0 bridgehead atoms. The molecule has 4 nitrogen and oxygen atoms in total. The Kier molecular flexibility index (Phi) is 4.83. The molecule has 23 heavy (non-hydrogen) atoms. The number of allylic oxidation sites excluding steroid dienone is 2. The van der Waals surface area contributed by atoms with Crippen LogP contribution >= 0.6 is 0 Å². The van der Waals surface area contributed by atoms with Crippen molar-refractivity contribution >= 4 is 5.91 Å². The number of amides is 1. The lowest BCUT2D eigenvalue weighted by Gasteiger charge is -2.30. The quantitative estimate of drug-likeness (QED) is 0.846. The van der Waals surface area contributed by atoms with Crippen molar-refractivity contribution in [2.45, 2.75) is 31.4 Å². The highest BCUT2D eigenvalue weighted by molar-refractivity contribution is 5.79. The summed E-state index contributed by atoms with van der Waals surface area (Å²) in [5.41, 5.74) is 0.476. The molecule has 1 saturated heterocycles. The van der Waals surface area contributed by atoms with E-state index in [1.807, 2.05) is 25.2 Å². The Morgan fingerprint density at radius 1 is 1.30 bits per heavy atom. The Labute approximate surface area is 138 Å². The number of likely N-dealkylation sites (tertiary alicyclic amines) is 1. The van der Waals surface area contributed by atoms with Crippen molar-refractivity contribution in [3.05, 3.63) is 48.0 Å². The number of carbonyl (C=O) groups is 1. The zero-order valence-corrected chi connectivity index (χ0v) is 13.8. The van der Waals surface area contributed by atoms with Gasteiger partial charge in [0, 0.05) is 32.6 Å². The highest BCUT2D eigenvalue weighted by Crippen LogP contribution is 2.26. The lowest BCUT2D eigenvalue weighted by molar-refractivity contribution is -0.136. The molecular weight excluding hydrogens is 288 g/mol. The van der Waals surface area contributed by atoms with Crippen molar-refractivity contribution in [3.63, 3.8) is 0 Å². The van der Waals surface area contributed by atoms with Crippen LogP contribution in [-0.4, -0.2) is 53.1 Å². The van der Waals surface area contributed by atoms with Gasteiger partial charge in [0.25, 0.3) is 0 Å². The van der Waals surface area contributed by atoms with Crippen LogP contribution in [0.5, 0.6) is 0 Å². The number of β-amino-alcohol motifs (C(OH)–C–C–N with tert-alkyl or cyclic N) is 1. The second-order valence-electron chi connectivity index (χ2n) is 7.00. The monoisotopic (exact) mass is 314 g/mol. The number of nitrogens with zero attached hydrogens (tertiary/aromatic N) is 2. The van der Waals surface area contributed by atoms with Crippen LogP contribution in [0.1, 0.15) is 24.8 Å². The van der Waals surface area contributed by atoms with Gasteiger partial charge in [0.05, 0.1) is 12.1 Å². The molecule has 1 aliphatic carbocycles. The average molecular weight is 314 g/mol. The van der Waals surface area contributed by atoms with Crippen molar-refractivity contribution in [3.8, 4) is 0 Å². The van der Waals surface area contributed by atoms with E-state index < -0.39 is 5.60 Å². The number of carbonyl (C=O) groups excluding carboxylic acids is 1. The molecule has 0 aromatic heterocycles. The first-order valence-electron chi connectivity index (χ1n) is 8.44. The fourth-order valence-corrected chi connectivity index (χ4v) is 3.70. The predicted molar refractivity (Wildman–Crippen MR) is 90.8 cm³/mol. The van der Waals surface area contributed by atoms with Gasteiger partial charge in [0.1, 0.15) is 0 Å². The highest BCUT2D eigenvalue weighted by atomic mass is 16.3. The fourth-order valence-electron chi connectivity index (χ4n) is 3.70. The number of hydrogen-bond acceptors (Lipinski definition) is 3. The second kappa shape index (κ2) is 6.85. The maximum Gasteiger partial charge on any atom is 0.226 e. The summed E-state index contributed by atoms with van der Waals surface area (Å²) < 4.78 is 0. The fraction of sp³-hybridized carbons (Fsp3) is 0.526. The zero-order valence-electron chi connectivity index (χ0n) is 13.8. The lowest BCUT2D eigenvalue weighted by Crippen LogP contribution is -2.47. The molecular formula is C19H26N2O2. The average Bonchev–Trinajstić information content (AvgIpc) is 3.18. The van der Waals surface area contributed by atoms with Crippen LogP contribution in [0.2, 0.25) is 0 Å². The van der Waals surface area contributed by atoms with Gasteiger partial charge in [-0.25, -0.2) is 0 Å². The van der Waals surface area contributed by atoms with E-state index in [1.165, 1.54) is 5.56 Å². The minimum Gasteiger partial charge on any atom is -0.387 e. The molecule has 1 atom stereocenters. The Morgan fingerprint density at radius 2 is 2.00 bits per heavy atom. The molecule has 1 fully saturated rings. The van der Waals surface area contributed by atoms with Gasteiger partial charge in [-0.1, -0.05) is 42.5 Å². The van der Waals surface area contributed by atoms with E-state index in [0.717, 1.165) is 32.4 Å². The molecule has 0 saturated carbocycles. The largest absolute Gasteiger partial charge is 0.387 e. The summed E-state index contributed by atoms with van der Waals surface area (Å²) in [7, 11) is 1.82. The molecule has 0 spiro atoms. The summed E-state index contributed by atoms with van der Waals surface area (Å²) in [6.45, 7) is 2.78. The minimum absolute atomic E-state index is 0.0745. The minimum atomic E-state index is -0.786. The number of benzene rings is 1. The number of aliphatic hydroxyl groups is 1. The summed E-state index contributed by atoms with van der Waals surface area (Å²) in [6.07, 6.45) is 6.54. The second-order valence-corrected chi connectivity index (χ2v) is 7.00. The molecule has 4 heteroatoms. The molecule has 1 N–H and O–H groups in total. The molecule has 124 valence electrons. The summed E-state index contributed by atoms with van der Waals surface area (Å²) in [5.74, 6) is 0.232. The maximum atomic E-state index is 12.4. The SMILES string of the molecule is CN(CC1(O)CCN(Cc2ccccc2)C1)C(=O)C1CC=CC1. The molecule has 1 aliphatic heterocycles. The number of rotatable bonds is 5. The molecule has 2 aliphatic rings. The van der Waals surface area contributed by atoms with Crippen LogP contribution in [-0.2, 0) is 11.3 Å². The zero-order chi connectivity index (χ0) is 16.3. The summed E-state index contributed by atoms with van der Waals surface area (Å²) in [4.78, 5) is 16.4. The summed E-state index contributed by atoms with van der Waals surface area (Å²) in [6, 6.07) is 10.3. The van der Waals surface area contributed by atoms with Crippen LogP contribution in [0.4, 0.5) is 0 Å². The van der Waals surface area contributed by atoms with E-state index in [-0.39, 0.29) is 11.8 Å². The first-order valence-corrected chi connectivity index (χ1v) is 8.44. The van der Waals surface area contributed by atoms with Crippen LogP contribution in [0.25, 0.3) is 0 Å². The maximum absolute atomic E-state index is 12.4. The van der Waals surface area contributed by atoms with Crippen LogP contribution in [0.3, 0.4) is 0 Å². The molecule has 0 radical (unpaired) electrons. The van der Waals surface area contributed by atoms with Gasteiger partial charge in [-0.3, -0.25) is 9.69 Å². The Bertz CT molecular complexity index is 564.